The topological polar surface area (TPSA) is 45.1 Å². The molecular weight excluding hydrogens is 266 g/mol. The molecule has 0 amide bonds. The van der Waals surface area contributed by atoms with Gasteiger partial charge in [0.2, 0.25) is 0 Å². The van der Waals surface area contributed by atoms with Gasteiger partial charge < -0.3 is 9.64 Å². The van der Waals surface area contributed by atoms with E-state index in [0.29, 0.717) is 18.3 Å². The maximum Gasteiger partial charge on any atom is 0.345 e. The van der Waals surface area contributed by atoms with E-state index in [0.717, 1.165) is 32.4 Å². The Balaban J connectivity index is 2.03. The fraction of sp³-hybridized carbons (Fsp3) is 0.500. The van der Waals surface area contributed by atoms with Gasteiger partial charge in [0.1, 0.15) is 6.67 Å². The standard InChI is InChI=1S/C16H23N3O2/c1-3-5-12-18-13-19(11-4-2)17-16(18)21-15(20)14-9-7-6-8-10-14/h6-10H,3-5,11-13H2,1-2H3. The van der Waals surface area contributed by atoms with Crippen molar-refractivity contribution in [1.29, 1.82) is 0 Å². The first kappa shape index (κ1) is 15.4. The Hall–Kier alpha value is -2.04. The monoisotopic (exact) mass is 289 g/mol. The summed E-state index contributed by atoms with van der Waals surface area (Å²) in [6, 6.07) is 9.44. The van der Waals surface area contributed by atoms with E-state index in [-0.39, 0.29) is 5.97 Å². The molecule has 0 fully saturated rings. The first-order valence-corrected chi connectivity index (χ1v) is 7.60. The third-order valence-corrected chi connectivity index (χ3v) is 3.29. The number of hydrogen-bond donors (Lipinski definition) is 0. The second-order valence-corrected chi connectivity index (χ2v) is 5.13. The summed E-state index contributed by atoms with van der Waals surface area (Å²) in [4.78, 5) is 14.2. The minimum absolute atomic E-state index is 0.353. The van der Waals surface area contributed by atoms with Crippen LogP contribution < -0.4 is 0 Å². The number of carbonyl (C=O) groups is 1. The molecule has 114 valence electrons. The van der Waals surface area contributed by atoms with E-state index in [1.165, 1.54) is 0 Å². The van der Waals surface area contributed by atoms with E-state index >= 15 is 0 Å². The summed E-state index contributed by atoms with van der Waals surface area (Å²) in [5.41, 5.74) is 0.546. The molecule has 0 radical (unpaired) electrons. The highest BCUT2D eigenvalue weighted by Gasteiger charge is 2.26. The van der Waals surface area contributed by atoms with Gasteiger partial charge in [0.05, 0.1) is 5.56 Å². The molecule has 0 saturated carbocycles. The van der Waals surface area contributed by atoms with Crippen molar-refractivity contribution in [2.45, 2.75) is 33.1 Å². The number of hydrazone groups is 1. The third kappa shape index (κ3) is 4.21. The summed E-state index contributed by atoms with van der Waals surface area (Å²) in [6.07, 6.45) is 3.18. The van der Waals surface area contributed by atoms with Crippen molar-refractivity contribution in [1.82, 2.24) is 9.91 Å². The Bertz CT molecular complexity index is 488. The van der Waals surface area contributed by atoms with E-state index in [1.807, 2.05) is 28.1 Å². The largest absolute Gasteiger partial charge is 0.387 e. The number of rotatable bonds is 6. The summed E-state index contributed by atoms with van der Waals surface area (Å²) in [7, 11) is 0. The Morgan fingerprint density at radius 1 is 1.19 bits per heavy atom. The summed E-state index contributed by atoms with van der Waals surface area (Å²) in [5, 5.41) is 6.36. The maximum absolute atomic E-state index is 12.1. The lowest BCUT2D eigenvalue weighted by Gasteiger charge is -2.19. The van der Waals surface area contributed by atoms with Gasteiger partial charge in [-0.15, -0.1) is 5.10 Å². The lowest BCUT2D eigenvalue weighted by atomic mass is 10.2. The van der Waals surface area contributed by atoms with E-state index in [2.05, 4.69) is 18.9 Å². The van der Waals surface area contributed by atoms with E-state index < -0.39 is 0 Å². The number of benzene rings is 1. The fourth-order valence-corrected chi connectivity index (χ4v) is 2.17. The number of unbranched alkanes of at least 4 members (excludes halogenated alkanes) is 1. The second-order valence-electron chi connectivity index (χ2n) is 5.13. The smallest absolute Gasteiger partial charge is 0.345 e. The molecule has 21 heavy (non-hydrogen) atoms. The highest BCUT2D eigenvalue weighted by molar-refractivity contribution is 5.97. The highest BCUT2D eigenvalue weighted by atomic mass is 16.6. The van der Waals surface area contributed by atoms with Crippen LogP contribution in [0, 0.1) is 0 Å². The van der Waals surface area contributed by atoms with Gasteiger partial charge in [-0.1, -0.05) is 38.5 Å². The van der Waals surface area contributed by atoms with Gasteiger partial charge in [-0.25, -0.2) is 4.79 Å². The van der Waals surface area contributed by atoms with Crippen LogP contribution in [0.15, 0.2) is 35.4 Å². The molecule has 0 aliphatic carbocycles. The number of amidine groups is 1. The number of esters is 1. The molecule has 0 bridgehead atoms. The van der Waals surface area contributed by atoms with Gasteiger partial charge >= 0.3 is 12.0 Å². The minimum atomic E-state index is -0.353. The van der Waals surface area contributed by atoms with Crippen LogP contribution in [0.3, 0.4) is 0 Å². The number of nitrogens with zero attached hydrogens (tertiary/aromatic N) is 3. The van der Waals surface area contributed by atoms with Crippen molar-refractivity contribution in [2.24, 2.45) is 5.10 Å². The summed E-state index contributed by atoms with van der Waals surface area (Å²) < 4.78 is 5.48. The minimum Gasteiger partial charge on any atom is -0.387 e. The Labute approximate surface area is 126 Å². The molecule has 0 atom stereocenters. The number of carbonyl (C=O) groups excluding carboxylic acids is 1. The van der Waals surface area contributed by atoms with Crippen LogP contribution in [-0.2, 0) is 4.74 Å². The molecule has 1 aromatic carbocycles. The average molecular weight is 289 g/mol. The summed E-state index contributed by atoms with van der Waals surface area (Å²) in [6.45, 7) is 6.68. The Morgan fingerprint density at radius 2 is 1.95 bits per heavy atom. The molecule has 1 aliphatic heterocycles. The highest BCUT2D eigenvalue weighted by Crippen LogP contribution is 2.13. The van der Waals surface area contributed by atoms with Crippen LogP contribution in [0.2, 0.25) is 0 Å². The van der Waals surface area contributed by atoms with Gasteiger partial charge in [-0.3, -0.25) is 5.01 Å². The first-order chi connectivity index (χ1) is 10.2. The molecule has 0 aromatic heterocycles. The molecule has 1 aromatic rings. The van der Waals surface area contributed by atoms with Gasteiger partial charge in [0, 0.05) is 13.1 Å². The van der Waals surface area contributed by atoms with Crippen molar-refractivity contribution < 1.29 is 9.53 Å². The molecule has 2 rings (SSSR count). The van der Waals surface area contributed by atoms with Crippen LogP contribution in [-0.4, -0.2) is 41.7 Å². The number of hydrogen-bond acceptors (Lipinski definition) is 5. The third-order valence-electron chi connectivity index (χ3n) is 3.29. The van der Waals surface area contributed by atoms with Crippen molar-refractivity contribution in [3.63, 3.8) is 0 Å². The quantitative estimate of drug-likeness (QED) is 0.755. The van der Waals surface area contributed by atoms with Crippen LogP contribution in [0.4, 0.5) is 0 Å². The predicted molar refractivity (Wildman–Crippen MR) is 82.8 cm³/mol. The predicted octanol–water partition coefficient (Wildman–Crippen LogP) is 2.90. The van der Waals surface area contributed by atoms with Gasteiger partial charge in [-0.2, -0.15) is 0 Å². The number of ether oxygens (including phenoxy) is 1. The molecule has 0 saturated heterocycles. The van der Waals surface area contributed by atoms with Crippen LogP contribution in [0.25, 0.3) is 0 Å². The fourth-order valence-electron chi connectivity index (χ4n) is 2.17. The van der Waals surface area contributed by atoms with Crippen LogP contribution in [0.1, 0.15) is 43.5 Å². The lowest BCUT2D eigenvalue weighted by Crippen LogP contribution is -2.34. The zero-order valence-electron chi connectivity index (χ0n) is 12.8. The summed E-state index contributed by atoms with van der Waals surface area (Å²) >= 11 is 0. The summed E-state index contributed by atoms with van der Waals surface area (Å²) in [5.74, 6) is -0.353. The van der Waals surface area contributed by atoms with Crippen LogP contribution in [0.5, 0.6) is 0 Å². The first-order valence-electron chi connectivity index (χ1n) is 7.60. The molecule has 0 spiro atoms. The van der Waals surface area contributed by atoms with E-state index in [1.54, 1.807) is 12.1 Å². The SMILES string of the molecule is CCCCN1CN(CCC)N=C1OC(=O)c1ccccc1. The Kier molecular flexibility index (Phi) is 5.60. The Morgan fingerprint density at radius 3 is 2.62 bits per heavy atom. The molecule has 0 N–H and O–H groups in total. The van der Waals surface area contributed by atoms with Gasteiger partial charge in [-0.05, 0) is 25.0 Å². The van der Waals surface area contributed by atoms with Gasteiger partial charge in [0.15, 0.2) is 0 Å². The average Bonchev–Trinajstić information content (AvgIpc) is 2.88. The second kappa shape index (κ2) is 7.67. The molecule has 5 nitrogen and oxygen atoms in total. The molecule has 1 heterocycles. The van der Waals surface area contributed by atoms with Crippen molar-refractivity contribution in [3.8, 4) is 0 Å². The van der Waals surface area contributed by atoms with Gasteiger partial charge in [0.25, 0.3) is 0 Å². The maximum atomic E-state index is 12.1. The van der Waals surface area contributed by atoms with Crippen LogP contribution >= 0.6 is 0 Å². The molecule has 0 unspecified atom stereocenters. The van der Waals surface area contributed by atoms with Crippen molar-refractivity contribution in [2.75, 3.05) is 19.8 Å². The lowest BCUT2D eigenvalue weighted by molar-refractivity contribution is 0.0686. The molecular formula is C16H23N3O2. The van der Waals surface area contributed by atoms with Crippen molar-refractivity contribution >= 4 is 12.0 Å². The normalized spacial score (nSPS) is 14.3. The molecule has 1 aliphatic rings. The van der Waals surface area contributed by atoms with Crippen molar-refractivity contribution in [3.05, 3.63) is 35.9 Å². The zero-order chi connectivity index (χ0) is 15.1. The molecule has 5 heteroatoms. The van der Waals surface area contributed by atoms with E-state index in [4.69, 9.17) is 4.74 Å². The zero-order valence-corrected chi connectivity index (χ0v) is 12.8. The van der Waals surface area contributed by atoms with E-state index in [9.17, 15) is 4.79 Å².